The molecule has 0 radical (unpaired) electrons. The van der Waals surface area contributed by atoms with Crippen molar-refractivity contribution < 1.29 is 68.3 Å². The molecule has 11 nitrogen and oxygen atoms in total. The summed E-state index contributed by atoms with van der Waals surface area (Å²) in [5.41, 5.74) is -1.22. The summed E-state index contributed by atoms with van der Waals surface area (Å²) in [5.74, 6) is -4.73. The summed E-state index contributed by atoms with van der Waals surface area (Å²) in [6, 6.07) is 7.81. The van der Waals surface area contributed by atoms with Gasteiger partial charge in [-0.3, -0.25) is 19.2 Å². The van der Waals surface area contributed by atoms with Crippen LogP contribution in [0.4, 0.5) is 0 Å². The topological polar surface area (TPSA) is 147 Å². The predicted octanol–water partition coefficient (Wildman–Crippen LogP) is -4.53. The van der Waals surface area contributed by atoms with Crippen LogP contribution < -0.4 is 40.0 Å². The van der Waals surface area contributed by atoms with Crippen LogP contribution in [0.3, 0.4) is 0 Å². The van der Waals surface area contributed by atoms with E-state index in [0.717, 1.165) is 0 Å². The number of oxime groups is 1. The number of carboxylic acid groups (broad SMARTS) is 1. The first-order chi connectivity index (χ1) is 14.3. The molecule has 3 unspecified atom stereocenters. The molecule has 3 aliphatic heterocycles. The first-order valence-electron chi connectivity index (χ1n) is 9.33. The number of carbonyl (C=O) groups is 4. The number of nitrogens with one attached hydrogen (secondary N) is 1. The van der Waals surface area contributed by atoms with Crippen LogP contribution in [0.2, 0.25) is 0 Å². The van der Waals surface area contributed by atoms with Crippen molar-refractivity contribution in [3.63, 3.8) is 0 Å². The Morgan fingerprint density at radius 2 is 1.97 bits per heavy atom. The van der Waals surface area contributed by atoms with Gasteiger partial charge >= 0.3 is 35.5 Å². The molecular weight excluding hydrogens is 421 g/mol. The summed E-state index contributed by atoms with van der Waals surface area (Å²) < 4.78 is 4.84. The molecule has 12 heteroatoms. The molecule has 3 aliphatic rings. The summed E-state index contributed by atoms with van der Waals surface area (Å²) in [6.45, 7) is 1.35. The Labute approximate surface area is 198 Å². The fourth-order valence-electron chi connectivity index (χ4n) is 3.66. The minimum absolute atomic E-state index is 0. The molecule has 0 aromatic heterocycles. The molecule has 3 heterocycles. The zero-order chi connectivity index (χ0) is 21.5. The number of cyclic esters (lactones) is 1. The molecule has 4 rings (SSSR count). The molecular formula is C19H18N3NaO8. The van der Waals surface area contributed by atoms with E-state index in [2.05, 4.69) is 10.5 Å². The van der Waals surface area contributed by atoms with Crippen molar-refractivity contribution in [2.75, 3.05) is 6.61 Å². The molecule has 1 aromatic rings. The number of ether oxygens (including phenoxy) is 1. The monoisotopic (exact) mass is 439 g/mol. The molecule has 2 saturated heterocycles. The van der Waals surface area contributed by atoms with Crippen LogP contribution in [0.1, 0.15) is 25.3 Å². The molecule has 0 saturated carbocycles. The molecule has 1 N–H and O–H groups in total. The Bertz CT molecular complexity index is 939. The third kappa shape index (κ3) is 4.05. The summed E-state index contributed by atoms with van der Waals surface area (Å²) in [4.78, 5) is 59.2. The second-order valence-electron chi connectivity index (χ2n) is 7.17. The number of esters is 1. The van der Waals surface area contributed by atoms with E-state index in [1.807, 2.05) is 6.07 Å². The third-order valence-electron chi connectivity index (χ3n) is 5.22. The average molecular weight is 439 g/mol. The number of rotatable bonds is 5. The van der Waals surface area contributed by atoms with Crippen molar-refractivity contribution in [2.45, 2.75) is 37.6 Å². The van der Waals surface area contributed by atoms with Gasteiger partial charge in [-0.1, -0.05) is 35.5 Å². The fourth-order valence-corrected chi connectivity index (χ4v) is 3.66. The number of benzene rings is 1. The van der Waals surface area contributed by atoms with Crippen molar-refractivity contribution in [1.82, 2.24) is 10.4 Å². The van der Waals surface area contributed by atoms with Crippen molar-refractivity contribution in [1.29, 1.82) is 0 Å². The number of nitrogens with zero attached hydrogens (tertiary/aromatic N) is 2. The SMILES string of the molecule is CC1ON=C(c2ccccc2)C1C(=O)N[C@H]1CON(C2(C(=O)[O-])CCC(=O)O2)C1=O.[Na+]. The molecule has 0 spiro atoms. The van der Waals surface area contributed by atoms with Crippen LogP contribution in [0.15, 0.2) is 35.5 Å². The van der Waals surface area contributed by atoms with Crippen molar-refractivity contribution in [3.05, 3.63) is 35.9 Å². The van der Waals surface area contributed by atoms with Gasteiger partial charge in [-0.25, -0.2) is 0 Å². The number of amides is 2. The Morgan fingerprint density at radius 3 is 2.58 bits per heavy atom. The van der Waals surface area contributed by atoms with Crippen LogP contribution >= 0.6 is 0 Å². The van der Waals surface area contributed by atoms with Crippen LogP contribution in [-0.2, 0) is 33.6 Å². The standard InChI is InChI=1S/C19H19N3O8.Na/c1-10-14(15(21-30-10)11-5-3-2-4-6-11)16(24)20-12-9-28-22(17(12)25)19(18(26)27)8-7-13(23)29-19;/h2-6,10,12,14H,7-9H2,1H3,(H,20,24)(H,26,27);/q;+1/p-1/t10?,12-,14?,19?;/m0./s1. The molecule has 2 fully saturated rings. The number of carboxylic acids is 1. The maximum absolute atomic E-state index is 12.9. The number of hydrogen-bond acceptors (Lipinski definition) is 9. The van der Waals surface area contributed by atoms with Gasteiger partial charge in [0.1, 0.15) is 36.4 Å². The zero-order valence-electron chi connectivity index (χ0n) is 16.9. The van der Waals surface area contributed by atoms with Gasteiger partial charge < -0.3 is 24.8 Å². The number of hydrogen-bond donors (Lipinski definition) is 1. The fraction of sp³-hybridized carbons (Fsp3) is 0.421. The first kappa shape index (κ1) is 23.2. The van der Waals surface area contributed by atoms with E-state index in [1.54, 1.807) is 31.2 Å². The molecule has 158 valence electrons. The Morgan fingerprint density at radius 1 is 1.26 bits per heavy atom. The quantitative estimate of drug-likeness (QED) is 0.357. The second-order valence-corrected chi connectivity index (χ2v) is 7.17. The molecule has 0 aliphatic carbocycles. The number of aliphatic carboxylic acids is 1. The Hall–Kier alpha value is -2.47. The van der Waals surface area contributed by atoms with E-state index in [9.17, 15) is 24.3 Å². The van der Waals surface area contributed by atoms with Gasteiger partial charge in [0.25, 0.3) is 11.6 Å². The van der Waals surface area contributed by atoms with E-state index in [0.29, 0.717) is 16.3 Å². The normalized spacial score (nSPS) is 29.6. The third-order valence-corrected chi connectivity index (χ3v) is 5.22. The van der Waals surface area contributed by atoms with Crippen LogP contribution in [0.25, 0.3) is 0 Å². The minimum Gasteiger partial charge on any atom is -0.544 e. The van der Waals surface area contributed by atoms with Gasteiger partial charge in [-0.05, 0) is 6.92 Å². The summed E-state index contributed by atoms with van der Waals surface area (Å²) in [6.07, 6.45) is -1.08. The van der Waals surface area contributed by atoms with Crippen LogP contribution in [0, 0.1) is 5.92 Å². The molecule has 0 bridgehead atoms. The zero-order valence-corrected chi connectivity index (χ0v) is 18.9. The van der Waals surface area contributed by atoms with Gasteiger partial charge in [0, 0.05) is 12.0 Å². The second kappa shape index (κ2) is 8.95. The maximum atomic E-state index is 12.9. The van der Waals surface area contributed by atoms with Crippen molar-refractivity contribution >= 4 is 29.5 Å². The van der Waals surface area contributed by atoms with E-state index in [-0.39, 0.29) is 49.0 Å². The maximum Gasteiger partial charge on any atom is 1.00 e. The van der Waals surface area contributed by atoms with Gasteiger partial charge in [0.15, 0.2) is 0 Å². The number of carbonyl (C=O) groups excluding carboxylic acids is 4. The predicted molar refractivity (Wildman–Crippen MR) is 94.8 cm³/mol. The van der Waals surface area contributed by atoms with Gasteiger partial charge in [0.05, 0.1) is 6.42 Å². The van der Waals surface area contributed by atoms with E-state index < -0.39 is 47.5 Å². The van der Waals surface area contributed by atoms with Crippen LogP contribution in [0.5, 0.6) is 0 Å². The summed E-state index contributed by atoms with van der Waals surface area (Å²) in [7, 11) is 0. The van der Waals surface area contributed by atoms with E-state index in [4.69, 9.17) is 14.4 Å². The van der Waals surface area contributed by atoms with E-state index in [1.165, 1.54) is 0 Å². The summed E-state index contributed by atoms with van der Waals surface area (Å²) in [5, 5.41) is 18.6. The first-order valence-corrected chi connectivity index (χ1v) is 9.33. The molecule has 4 atom stereocenters. The number of hydroxylamine groups is 2. The smallest absolute Gasteiger partial charge is 0.544 e. The Balaban J connectivity index is 0.00000272. The minimum atomic E-state index is -2.34. The molecule has 1 aromatic carbocycles. The van der Waals surface area contributed by atoms with Gasteiger partial charge in [-0.15, -0.1) is 0 Å². The van der Waals surface area contributed by atoms with Crippen LogP contribution in [-0.4, -0.2) is 59.0 Å². The average Bonchev–Trinajstić information content (AvgIpc) is 3.41. The van der Waals surface area contributed by atoms with Gasteiger partial charge in [-0.2, -0.15) is 5.06 Å². The largest absolute Gasteiger partial charge is 1.00 e. The molecule has 2 amide bonds. The molecule has 31 heavy (non-hydrogen) atoms. The van der Waals surface area contributed by atoms with Crippen molar-refractivity contribution in [3.8, 4) is 0 Å². The van der Waals surface area contributed by atoms with Gasteiger partial charge in [0.2, 0.25) is 5.91 Å². The van der Waals surface area contributed by atoms with E-state index >= 15 is 0 Å². The Kier molecular flexibility index (Phi) is 6.70. The summed E-state index contributed by atoms with van der Waals surface area (Å²) >= 11 is 0. The van der Waals surface area contributed by atoms with Crippen molar-refractivity contribution in [2.24, 2.45) is 11.1 Å².